The van der Waals surface area contributed by atoms with E-state index in [1.165, 1.54) is 19.1 Å². The highest BCUT2D eigenvalue weighted by molar-refractivity contribution is 8.00. The monoisotopic (exact) mass is 392 g/mol. The summed E-state index contributed by atoms with van der Waals surface area (Å²) in [6.07, 6.45) is 0.754. The Hall–Kier alpha value is -2.23. The van der Waals surface area contributed by atoms with Crippen LogP contribution in [0.2, 0.25) is 0 Å². The molecule has 2 N–H and O–H groups in total. The lowest BCUT2D eigenvalue weighted by Gasteiger charge is -2.13. The number of hydrogen-bond acceptors (Lipinski definition) is 5. The maximum absolute atomic E-state index is 12.2. The van der Waals surface area contributed by atoms with Crippen molar-refractivity contribution in [3.8, 4) is 0 Å². The van der Waals surface area contributed by atoms with Crippen molar-refractivity contribution in [1.82, 2.24) is 10.6 Å². The van der Waals surface area contributed by atoms with Gasteiger partial charge in [0.15, 0.2) is 6.61 Å². The fourth-order valence-corrected chi connectivity index (χ4v) is 2.30. The lowest BCUT2D eigenvalue weighted by molar-refractivity contribution is -0.130. The number of carbonyl (C=O) groups is 3. The van der Waals surface area contributed by atoms with Gasteiger partial charge < -0.3 is 15.4 Å². The molecule has 0 aliphatic rings. The van der Waals surface area contributed by atoms with E-state index in [-0.39, 0.29) is 28.1 Å². The largest absolute Gasteiger partial charge is 0.452 e. The van der Waals surface area contributed by atoms with Crippen molar-refractivity contribution in [2.75, 3.05) is 13.2 Å². The molecule has 0 bridgehead atoms. The molecule has 6 nitrogen and oxygen atoms in total. The number of nitrogens with one attached hydrogen (secondary N) is 2. The van der Waals surface area contributed by atoms with Crippen molar-refractivity contribution in [3.05, 3.63) is 29.8 Å². The third-order valence-electron chi connectivity index (χ3n) is 2.98. The average Bonchev–Trinajstić information content (AvgIpc) is 2.56. The first-order chi connectivity index (χ1) is 12.1. The standard InChI is InChI=1S/C16H19F3N2O4S/c1-3-8-20-14(23)10(2)21-13(22)9-25-15(24)11-4-6-12(7-5-11)26-16(17,18)19/h4-7,10H,3,8-9H2,1-2H3,(H,20,23)(H,21,22)/t10-/m0/s1. The summed E-state index contributed by atoms with van der Waals surface area (Å²) in [5.41, 5.74) is -4.40. The summed E-state index contributed by atoms with van der Waals surface area (Å²) in [5, 5.41) is 4.98. The lowest BCUT2D eigenvalue weighted by atomic mass is 10.2. The molecule has 0 aliphatic carbocycles. The first-order valence-electron chi connectivity index (χ1n) is 7.72. The summed E-state index contributed by atoms with van der Waals surface area (Å²) in [6.45, 7) is 3.25. The molecule has 144 valence electrons. The van der Waals surface area contributed by atoms with Gasteiger partial charge in [0.25, 0.3) is 5.91 Å². The van der Waals surface area contributed by atoms with E-state index < -0.39 is 30.0 Å². The van der Waals surface area contributed by atoms with E-state index in [4.69, 9.17) is 4.74 Å². The zero-order valence-corrected chi connectivity index (χ0v) is 15.0. The highest BCUT2D eigenvalue weighted by Crippen LogP contribution is 2.36. The first-order valence-corrected chi connectivity index (χ1v) is 8.54. The van der Waals surface area contributed by atoms with Crippen molar-refractivity contribution in [2.24, 2.45) is 0 Å². The summed E-state index contributed by atoms with van der Waals surface area (Å²) < 4.78 is 41.5. The van der Waals surface area contributed by atoms with Crippen LogP contribution in [0.4, 0.5) is 13.2 Å². The minimum absolute atomic E-state index is 0.0121. The third-order valence-corrected chi connectivity index (χ3v) is 3.72. The molecule has 26 heavy (non-hydrogen) atoms. The second kappa shape index (κ2) is 10.0. The fourth-order valence-electron chi connectivity index (χ4n) is 1.76. The quantitative estimate of drug-likeness (QED) is 0.525. The fraction of sp³-hybridized carbons (Fsp3) is 0.438. The number of esters is 1. The Kier molecular flexibility index (Phi) is 8.43. The minimum atomic E-state index is -4.42. The first kappa shape index (κ1) is 21.8. The maximum Gasteiger partial charge on any atom is 0.446 e. The second-order valence-electron chi connectivity index (χ2n) is 5.23. The van der Waals surface area contributed by atoms with Crippen molar-refractivity contribution in [3.63, 3.8) is 0 Å². The summed E-state index contributed by atoms with van der Waals surface area (Å²) in [5.74, 6) is -1.88. The van der Waals surface area contributed by atoms with E-state index in [0.717, 1.165) is 18.6 Å². The van der Waals surface area contributed by atoms with Crippen molar-refractivity contribution in [1.29, 1.82) is 0 Å². The number of carbonyl (C=O) groups excluding carboxylic acids is 3. The molecule has 1 atom stereocenters. The number of rotatable bonds is 8. The minimum Gasteiger partial charge on any atom is -0.452 e. The molecule has 1 aromatic rings. The molecule has 0 heterocycles. The van der Waals surface area contributed by atoms with Crippen molar-refractivity contribution >= 4 is 29.5 Å². The van der Waals surface area contributed by atoms with Gasteiger partial charge >= 0.3 is 11.5 Å². The molecule has 1 rings (SSSR count). The zero-order chi connectivity index (χ0) is 19.7. The maximum atomic E-state index is 12.2. The van der Waals surface area contributed by atoms with Crippen LogP contribution in [0, 0.1) is 0 Å². The van der Waals surface area contributed by atoms with Crippen molar-refractivity contribution in [2.45, 2.75) is 36.7 Å². The number of thioether (sulfide) groups is 1. The van der Waals surface area contributed by atoms with E-state index >= 15 is 0 Å². The molecule has 0 aliphatic heterocycles. The van der Waals surface area contributed by atoms with Crippen LogP contribution >= 0.6 is 11.8 Å². The highest BCUT2D eigenvalue weighted by atomic mass is 32.2. The number of benzene rings is 1. The predicted molar refractivity (Wildman–Crippen MR) is 89.5 cm³/mol. The average molecular weight is 392 g/mol. The van der Waals surface area contributed by atoms with Gasteiger partial charge in [0, 0.05) is 11.4 Å². The van der Waals surface area contributed by atoms with Crippen LogP contribution in [0.3, 0.4) is 0 Å². The van der Waals surface area contributed by atoms with E-state index in [0.29, 0.717) is 6.54 Å². The van der Waals surface area contributed by atoms with Gasteiger partial charge in [0.1, 0.15) is 6.04 Å². The molecule has 0 aromatic heterocycles. The second-order valence-corrected chi connectivity index (χ2v) is 6.37. The number of halogens is 3. The number of amides is 2. The van der Waals surface area contributed by atoms with Gasteiger partial charge in [0.05, 0.1) is 5.56 Å². The molecule has 2 amide bonds. The summed E-state index contributed by atoms with van der Waals surface area (Å²) >= 11 is -0.300. The predicted octanol–water partition coefficient (Wildman–Crippen LogP) is 2.49. The Bertz CT molecular complexity index is 635. The Labute approximate surface area is 152 Å². The SMILES string of the molecule is CCCNC(=O)[C@H](C)NC(=O)COC(=O)c1ccc(SC(F)(F)F)cc1. The summed E-state index contributed by atoms with van der Waals surface area (Å²) in [6, 6.07) is 3.83. The van der Waals surface area contributed by atoms with Gasteiger partial charge in [-0.3, -0.25) is 9.59 Å². The number of hydrogen-bond donors (Lipinski definition) is 2. The van der Waals surface area contributed by atoms with Crippen molar-refractivity contribution < 1.29 is 32.3 Å². The Morgan fingerprint density at radius 1 is 1.19 bits per heavy atom. The van der Waals surface area contributed by atoms with Gasteiger partial charge in [-0.1, -0.05) is 6.92 Å². The van der Waals surface area contributed by atoms with E-state index in [2.05, 4.69) is 10.6 Å². The number of alkyl halides is 3. The molecular weight excluding hydrogens is 373 g/mol. The van der Waals surface area contributed by atoms with Crippen LogP contribution in [0.25, 0.3) is 0 Å². The van der Waals surface area contributed by atoms with Crippen LogP contribution < -0.4 is 10.6 Å². The van der Waals surface area contributed by atoms with E-state index in [9.17, 15) is 27.6 Å². The molecule has 10 heteroatoms. The van der Waals surface area contributed by atoms with Crippen LogP contribution in [0.15, 0.2) is 29.2 Å². The molecular formula is C16H19F3N2O4S. The van der Waals surface area contributed by atoms with Gasteiger partial charge in [-0.05, 0) is 49.4 Å². The van der Waals surface area contributed by atoms with E-state index in [1.807, 2.05) is 6.92 Å². The van der Waals surface area contributed by atoms with Gasteiger partial charge in [0.2, 0.25) is 5.91 Å². The van der Waals surface area contributed by atoms with Gasteiger partial charge in [-0.15, -0.1) is 0 Å². The van der Waals surface area contributed by atoms with Crippen LogP contribution in [-0.4, -0.2) is 42.5 Å². The highest BCUT2D eigenvalue weighted by Gasteiger charge is 2.29. The molecule has 0 saturated heterocycles. The smallest absolute Gasteiger partial charge is 0.446 e. The zero-order valence-electron chi connectivity index (χ0n) is 14.2. The molecule has 0 spiro atoms. The molecule has 0 saturated carbocycles. The Balaban J connectivity index is 2.45. The summed E-state index contributed by atoms with van der Waals surface area (Å²) in [7, 11) is 0. The topological polar surface area (TPSA) is 84.5 Å². The molecule has 0 fully saturated rings. The van der Waals surface area contributed by atoms with E-state index in [1.54, 1.807) is 0 Å². The lowest BCUT2D eigenvalue weighted by Crippen LogP contribution is -2.46. The third kappa shape index (κ3) is 8.24. The summed E-state index contributed by atoms with van der Waals surface area (Å²) in [4.78, 5) is 35.0. The van der Waals surface area contributed by atoms with Crippen LogP contribution in [-0.2, 0) is 14.3 Å². The molecule has 1 aromatic carbocycles. The normalized spacial score (nSPS) is 12.2. The Morgan fingerprint density at radius 3 is 2.35 bits per heavy atom. The number of ether oxygens (including phenoxy) is 1. The van der Waals surface area contributed by atoms with Crippen LogP contribution in [0.1, 0.15) is 30.6 Å². The van der Waals surface area contributed by atoms with Gasteiger partial charge in [-0.25, -0.2) is 4.79 Å². The molecule has 0 radical (unpaired) electrons. The van der Waals surface area contributed by atoms with Crippen LogP contribution in [0.5, 0.6) is 0 Å². The molecule has 0 unspecified atom stereocenters. The van der Waals surface area contributed by atoms with Gasteiger partial charge in [-0.2, -0.15) is 13.2 Å². The Morgan fingerprint density at radius 2 is 1.81 bits per heavy atom.